The van der Waals surface area contributed by atoms with Gasteiger partial charge < -0.3 is 25.8 Å². The second-order valence-corrected chi connectivity index (χ2v) is 11.7. The Hall–Kier alpha value is -5.33. The third kappa shape index (κ3) is 7.24. The number of nitrogens with zero attached hydrogens (tertiary/aromatic N) is 2. The van der Waals surface area contributed by atoms with Crippen molar-refractivity contribution in [2.24, 2.45) is 0 Å². The average molecular weight is 650 g/mol. The maximum Gasteiger partial charge on any atom is 0.411 e. The van der Waals surface area contributed by atoms with E-state index in [4.69, 9.17) is 10.5 Å². The summed E-state index contributed by atoms with van der Waals surface area (Å²) in [6.45, 7) is 3.61. The number of nitrogens with two attached hydrogens (primary N) is 1. The Morgan fingerprint density at radius 3 is 2.62 bits per heavy atom. The molecule has 3 aromatic carbocycles. The van der Waals surface area contributed by atoms with E-state index in [9.17, 15) is 32.7 Å². The summed E-state index contributed by atoms with van der Waals surface area (Å²) in [4.78, 5) is 44.2. The van der Waals surface area contributed by atoms with Crippen LogP contribution in [0.4, 0.5) is 35.2 Å². The molecule has 2 aliphatic heterocycles. The standard InChI is InChI=1S/C34H34F3N5O5/c1-17-10-19-4-7-23(17)18(2)16-47-34(46)41-21-5-8-24(27(33(44)45)13-29(36)37)20(11-21)15-42(3)32(43)30(19)40-22-6-9-25-26(12-22)28(35)14-39-31(25)38/h4-12,14,18,27,29-30,40H,13,15-16H2,1-3H3,(H2,38,39)(H,41,46)(H,44,45). The summed E-state index contributed by atoms with van der Waals surface area (Å²) < 4.78 is 47.1. The number of carbonyl (C=O) groups is 3. The summed E-state index contributed by atoms with van der Waals surface area (Å²) in [6, 6.07) is 13.4. The zero-order valence-corrected chi connectivity index (χ0v) is 25.9. The number of hydrogen-bond acceptors (Lipinski definition) is 7. The van der Waals surface area contributed by atoms with Crippen molar-refractivity contribution in [3.63, 3.8) is 0 Å². The van der Waals surface area contributed by atoms with Crippen LogP contribution in [0, 0.1) is 12.7 Å². The zero-order chi connectivity index (χ0) is 34.0. The van der Waals surface area contributed by atoms with E-state index in [2.05, 4.69) is 15.6 Å². The minimum absolute atomic E-state index is 0.0381. The van der Waals surface area contributed by atoms with Crippen molar-refractivity contribution in [2.45, 2.75) is 51.1 Å². The molecular formula is C34H34F3N5O5. The fourth-order valence-electron chi connectivity index (χ4n) is 5.90. The van der Waals surface area contributed by atoms with Gasteiger partial charge in [-0.1, -0.05) is 31.2 Å². The minimum Gasteiger partial charge on any atom is -0.481 e. The minimum atomic E-state index is -2.90. The smallest absolute Gasteiger partial charge is 0.411 e. The van der Waals surface area contributed by atoms with Gasteiger partial charge in [-0.3, -0.25) is 14.9 Å². The molecule has 0 fully saturated rings. The summed E-state index contributed by atoms with van der Waals surface area (Å²) in [5.41, 5.74) is 9.21. The van der Waals surface area contributed by atoms with Gasteiger partial charge in [0, 0.05) is 48.1 Å². The predicted molar refractivity (Wildman–Crippen MR) is 171 cm³/mol. The molecule has 0 aliphatic carbocycles. The van der Waals surface area contributed by atoms with Crippen LogP contribution in [0.5, 0.6) is 0 Å². The molecule has 5 N–H and O–H groups in total. The molecule has 2 aliphatic rings. The number of carboxylic acids is 1. The number of alkyl halides is 2. The van der Waals surface area contributed by atoms with Crippen LogP contribution >= 0.6 is 0 Å². The number of aliphatic carboxylic acids is 1. The molecule has 0 radical (unpaired) electrons. The molecule has 0 saturated carbocycles. The molecule has 1 aromatic heterocycles. The number of benzene rings is 3. The lowest BCUT2D eigenvalue weighted by molar-refractivity contribution is -0.139. The van der Waals surface area contributed by atoms with Gasteiger partial charge in [0.25, 0.3) is 0 Å². The fraction of sp³-hybridized carbons (Fsp3) is 0.294. The molecular weight excluding hydrogens is 615 g/mol. The van der Waals surface area contributed by atoms with E-state index >= 15 is 0 Å². The van der Waals surface area contributed by atoms with Gasteiger partial charge in [0.1, 0.15) is 17.7 Å². The number of ether oxygens (including phenoxy) is 1. The Morgan fingerprint density at radius 2 is 1.91 bits per heavy atom. The molecule has 3 atom stereocenters. The van der Waals surface area contributed by atoms with Gasteiger partial charge in [-0.25, -0.2) is 22.9 Å². The highest BCUT2D eigenvalue weighted by Crippen LogP contribution is 2.33. The second kappa shape index (κ2) is 13.6. The number of anilines is 3. The van der Waals surface area contributed by atoms with Gasteiger partial charge in [0.05, 0.1) is 18.7 Å². The first-order valence-corrected chi connectivity index (χ1v) is 14.9. The lowest BCUT2D eigenvalue weighted by Gasteiger charge is -2.28. The van der Waals surface area contributed by atoms with E-state index in [1.807, 2.05) is 26.0 Å². The van der Waals surface area contributed by atoms with Gasteiger partial charge in [-0.05, 0) is 65.1 Å². The Bertz CT molecular complexity index is 1850. The Kier molecular flexibility index (Phi) is 9.54. The highest BCUT2D eigenvalue weighted by Gasteiger charge is 2.30. The number of halogens is 3. The number of carbonyl (C=O) groups excluding carboxylic acids is 2. The van der Waals surface area contributed by atoms with Crippen LogP contribution < -0.4 is 16.4 Å². The third-order valence-corrected chi connectivity index (χ3v) is 8.31. The van der Waals surface area contributed by atoms with Crippen LogP contribution in [0.15, 0.2) is 60.8 Å². The van der Waals surface area contributed by atoms with Gasteiger partial charge in [-0.15, -0.1) is 0 Å². The van der Waals surface area contributed by atoms with Crippen LogP contribution in [0.1, 0.15) is 59.0 Å². The molecule has 0 saturated heterocycles. The largest absolute Gasteiger partial charge is 0.481 e. The van der Waals surface area contributed by atoms with Crippen molar-refractivity contribution in [3.8, 4) is 0 Å². The lowest BCUT2D eigenvalue weighted by Crippen LogP contribution is -2.35. The van der Waals surface area contributed by atoms with E-state index in [0.29, 0.717) is 16.6 Å². The summed E-state index contributed by atoms with van der Waals surface area (Å²) >= 11 is 0. The topological polar surface area (TPSA) is 147 Å². The summed E-state index contributed by atoms with van der Waals surface area (Å²) in [5, 5.41) is 16.3. The number of hydrogen-bond donors (Lipinski definition) is 4. The second-order valence-electron chi connectivity index (χ2n) is 11.7. The van der Waals surface area contributed by atoms with Crippen molar-refractivity contribution in [1.82, 2.24) is 9.88 Å². The van der Waals surface area contributed by atoms with Crippen molar-refractivity contribution in [2.75, 3.05) is 30.0 Å². The molecule has 3 heterocycles. The van der Waals surface area contributed by atoms with E-state index < -0.39 is 48.6 Å². The van der Waals surface area contributed by atoms with E-state index in [1.54, 1.807) is 18.2 Å². The van der Waals surface area contributed by atoms with Gasteiger partial charge >= 0.3 is 12.1 Å². The molecule has 13 heteroatoms. The maximum absolute atomic E-state index is 14.7. The number of carboxylic acid groups (broad SMARTS) is 1. The molecule has 4 bridgehead atoms. The van der Waals surface area contributed by atoms with Crippen molar-refractivity contribution in [3.05, 3.63) is 94.4 Å². The summed E-state index contributed by atoms with van der Waals surface area (Å²) in [6.07, 6.45) is -3.58. The highest BCUT2D eigenvalue weighted by atomic mass is 19.3. The van der Waals surface area contributed by atoms with Crippen LogP contribution in [-0.4, -0.2) is 53.0 Å². The molecule has 10 nitrogen and oxygen atoms in total. The monoisotopic (exact) mass is 649 g/mol. The highest BCUT2D eigenvalue weighted by molar-refractivity contribution is 5.94. The van der Waals surface area contributed by atoms with Gasteiger partial charge in [-0.2, -0.15) is 0 Å². The average Bonchev–Trinajstić information content (AvgIpc) is 3.02. The first kappa shape index (κ1) is 33.0. The van der Waals surface area contributed by atoms with Crippen LogP contribution in [0.3, 0.4) is 0 Å². The summed E-state index contributed by atoms with van der Waals surface area (Å²) in [5.74, 6) is -4.12. The Morgan fingerprint density at radius 1 is 1.15 bits per heavy atom. The van der Waals surface area contributed by atoms with Gasteiger partial charge in [0.15, 0.2) is 0 Å². The zero-order valence-electron chi connectivity index (χ0n) is 25.9. The lowest BCUT2D eigenvalue weighted by atomic mass is 9.90. The quantitative estimate of drug-likeness (QED) is 0.184. The molecule has 246 valence electrons. The molecule has 3 unspecified atom stereocenters. The van der Waals surface area contributed by atoms with Crippen LogP contribution in [0.25, 0.3) is 10.8 Å². The first-order chi connectivity index (χ1) is 22.3. The van der Waals surface area contributed by atoms with E-state index in [0.717, 1.165) is 17.3 Å². The van der Waals surface area contributed by atoms with Crippen LogP contribution in [0.2, 0.25) is 0 Å². The first-order valence-electron chi connectivity index (χ1n) is 14.9. The molecule has 47 heavy (non-hydrogen) atoms. The summed E-state index contributed by atoms with van der Waals surface area (Å²) in [7, 11) is 1.50. The number of likely N-dealkylation sites (N-methyl/N-ethyl adjacent to an activating group) is 1. The van der Waals surface area contributed by atoms with Gasteiger partial charge in [0.2, 0.25) is 12.3 Å². The number of amides is 2. The molecule has 6 rings (SSSR count). The SMILES string of the molecule is Cc1cc2ccc1C(C)COC(=O)Nc1ccc(C(CC(F)F)C(=O)O)c(c1)CN(C)C(=O)C2Nc1ccc2c(N)ncc(F)c2c1. The predicted octanol–water partition coefficient (Wildman–Crippen LogP) is 6.57. The number of pyridine rings is 1. The fourth-order valence-corrected chi connectivity index (χ4v) is 5.90. The van der Waals surface area contributed by atoms with E-state index in [1.165, 1.54) is 36.2 Å². The van der Waals surface area contributed by atoms with E-state index in [-0.39, 0.29) is 47.1 Å². The number of rotatable bonds is 6. The normalized spacial score (nSPS) is 17.8. The molecule has 4 aromatic rings. The van der Waals surface area contributed by atoms with Crippen LogP contribution in [-0.2, 0) is 20.9 Å². The molecule has 2 amide bonds. The third-order valence-electron chi connectivity index (χ3n) is 8.31. The Labute approximate surface area is 268 Å². The number of aromatic nitrogens is 1. The number of fused-ring (bicyclic) bond motifs is 10. The number of nitrogens with one attached hydrogen (secondary N) is 2. The van der Waals surface area contributed by atoms with Crippen molar-refractivity contribution < 1.29 is 37.4 Å². The number of aryl methyl sites for hydroxylation is 1. The number of nitrogen functional groups attached to an aromatic ring is 1. The van der Waals surface area contributed by atoms with Crippen molar-refractivity contribution >= 4 is 45.9 Å². The molecule has 0 spiro atoms. The van der Waals surface area contributed by atoms with Crippen molar-refractivity contribution in [1.29, 1.82) is 0 Å². The maximum atomic E-state index is 14.7. The Balaban J connectivity index is 1.60.